The van der Waals surface area contributed by atoms with Gasteiger partial charge in [-0.25, -0.2) is 14.5 Å². The number of ketones is 1. The standard InChI is InChI=1S/C31H37F3N8O4/c1-3-5-22(43)6-7-28(45)40-10-8-39(9-11-40)19-21-16-25-30(41-12-14-46-15-13-41)37-29(38-42(25)20-21)23-18-35-26(36-27(44)4-2)17-24(23)31(32,33)34/h3,5,16-18,20H,4,6-15,19H2,1-2H3,(H,35,36,44)/b5-3-. The second-order valence-corrected chi connectivity index (χ2v) is 11.2. The Morgan fingerprint density at radius 2 is 1.78 bits per heavy atom. The predicted octanol–water partition coefficient (Wildman–Crippen LogP) is 3.56. The summed E-state index contributed by atoms with van der Waals surface area (Å²) in [4.78, 5) is 50.8. The Morgan fingerprint density at radius 3 is 2.46 bits per heavy atom. The van der Waals surface area contributed by atoms with Gasteiger partial charge in [0, 0.05) is 77.5 Å². The number of carbonyl (C=O) groups is 3. The molecular weight excluding hydrogens is 605 g/mol. The zero-order chi connectivity index (χ0) is 32.8. The van der Waals surface area contributed by atoms with Crippen LogP contribution in [0.2, 0.25) is 0 Å². The summed E-state index contributed by atoms with van der Waals surface area (Å²) in [6, 6.07) is 2.74. The van der Waals surface area contributed by atoms with E-state index in [1.807, 2.05) is 11.0 Å². The van der Waals surface area contributed by atoms with Gasteiger partial charge in [0.2, 0.25) is 11.8 Å². The van der Waals surface area contributed by atoms with Crippen molar-refractivity contribution in [1.29, 1.82) is 0 Å². The molecule has 12 nitrogen and oxygen atoms in total. The van der Waals surface area contributed by atoms with Crippen LogP contribution in [0.5, 0.6) is 0 Å². The Kier molecular flexibility index (Phi) is 10.3. The molecule has 5 rings (SSSR count). The zero-order valence-corrected chi connectivity index (χ0v) is 25.8. The molecule has 0 saturated carbocycles. The van der Waals surface area contributed by atoms with Crippen molar-refractivity contribution in [2.45, 2.75) is 45.8 Å². The molecule has 2 amide bonds. The van der Waals surface area contributed by atoms with E-state index in [4.69, 9.17) is 4.74 Å². The second-order valence-electron chi connectivity index (χ2n) is 11.2. The molecule has 0 radical (unpaired) electrons. The van der Waals surface area contributed by atoms with E-state index < -0.39 is 17.6 Å². The number of hydrogen-bond acceptors (Lipinski definition) is 9. The molecule has 1 N–H and O–H groups in total. The Bertz CT molecular complexity index is 1610. The van der Waals surface area contributed by atoms with Crippen LogP contribution in [0.25, 0.3) is 16.9 Å². The molecule has 46 heavy (non-hydrogen) atoms. The number of nitrogens with zero attached hydrogens (tertiary/aromatic N) is 7. The van der Waals surface area contributed by atoms with Gasteiger partial charge in [-0.1, -0.05) is 13.0 Å². The number of hydrogen-bond donors (Lipinski definition) is 1. The summed E-state index contributed by atoms with van der Waals surface area (Å²) in [5.74, 6) is -0.433. The fraction of sp³-hybridized carbons (Fsp3) is 0.484. The van der Waals surface area contributed by atoms with Crippen LogP contribution in [0, 0.1) is 0 Å². The van der Waals surface area contributed by atoms with E-state index in [9.17, 15) is 27.6 Å². The molecule has 2 fully saturated rings. The van der Waals surface area contributed by atoms with Gasteiger partial charge in [0.05, 0.1) is 24.3 Å². The van der Waals surface area contributed by atoms with Gasteiger partial charge in [0.25, 0.3) is 0 Å². The van der Waals surface area contributed by atoms with Gasteiger partial charge < -0.3 is 19.9 Å². The van der Waals surface area contributed by atoms with Crippen LogP contribution >= 0.6 is 0 Å². The van der Waals surface area contributed by atoms with Crippen molar-refractivity contribution in [2.75, 3.05) is 62.7 Å². The number of rotatable bonds is 10. The van der Waals surface area contributed by atoms with Crippen molar-refractivity contribution in [1.82, 2.24) is 29.4 Å². The second kappa shape index (κ2) is 14.4. The maximum atomic E-state index is 14.3. The Labute approximate surface area is 264 Å². The quantitative estimate of drug-likeness (QED) is 0.331. The van der Waals surface area contributed by atoms with Crippen molar-refractivity contribution in [2.24, 2.45) is 0 Å². The number of allylic oxidation sites excluding steroid dienone is 2. The fourth-order valence-corrected chi connectivity index (χ4v) is 5.48. The predicted molar refractivity (Wildman–Crippen MR) is 164 cm³/mol. The minimum Gasteiger partial charge on any atom is -0.378 e. The summed E-state index contributed by atoms with van der Waals surface area (Å²) in [7, 11) is 0. The van der Waals surface area contributed by atoms with Gasteiger partial charge >= 0.3 is 6.18 Å². The first kappa shape index (κ1) is 33.0. The summed E-state index contributed by atoms with van der Waals surface area (Å²) in [6.45, 7) is 8.16. The molecule has 2 aliphatic rings. The molecule has 5 heterocycles. The monoisotopic (exact) mass is 642 g/mol. The summed E-state index contributed by atoms with van der Waals surface area (Å²) >= 11 is 0. The third-order valence-electron chi connectivity index (χ3n) is 7.92. The molecular formula is C31H37F3N8O4. The number of ether oxygens (including phenoxy) is 1. The number of halogens is 3. The van der Waals surface area contributed by atoms with Crippen molar-refractivity contribution in [3.63, 3.8) is 0 Å². The number of aromatic nitrogens is 4. The average molecular weight is 643 g/mol. The number of fused-ring (bicyclic) bond motifs is 1. The SMILES string of the molecule is C/C=C\C(=O)CCC(=O)N1CCN(Cc2cc3c(N4CCOCC4)nc(-c4cnc(NC(=O)CC)cc4C(F)(F)F)nn3c2)CC1. The molecule has 2 saturated heterocycles. The topological polar surface area (TPSA) is 125 Å². The van der Waals surface area contributed by atoms with Crippen LogP contribution in [-0.4, -0.2) is 99.5 Å². The number of pyridine rings is 1. The summed E-state index contributed by atoms with van der Waals surface area (Å²) in [5.41, 5.74) is 0.229. The molecule has 0 bridgehead atoms. The van der Waals surface area contributed by atoms with Gasteiger partial charge in [-0.15, -0.1) is 5.10 Å². The van der Waals surface area contributed by atoms with E-state index in [1.165, 1.54) is 6.08 Å². The van der Waals surface area contributed by atoms with Crippen LogP contribution in [0.1, 0.15) is 44.2 Å². The van der Waals surface area contributed by atoms with Gasteiger partial charge in [-0.05, 0) is 30.7 Å². The Hall–Kier alpha value is -4.37. The molecule has 0 aliphatic carbocycles. The van der Waals surface area contributed by atoms with Crippen LogP contribution in [0.15, 0.2) is 36.7 Å². The molecule has 0 aromatic carbocycles. The highest BCUT2D eigenvalue weighted by molar-refractivity contribution is 5.92. The van der Waals surface area contributed by atoms with Crippen molar-refractivity contribution >= 4 is 34.8 Å². The Morgan fingerprint density at radius 1 is 1.04 bits per heavy atom. The minimum absolute atomic E-state index is 0.0430. The number of amides is 2. The first-order valence-electron chi connectivity index (χ1n) is 15.3. The Balaban J connectivity index is 1.39. The van der Waals surface area contributed by atoms with E-state index >= 15 is 0 Å². The first-order chi connectivity index (χ1) is 22.0. The van der Waals surface area contributed by atoms with E-state index in [1.54, 1.807) is 35.5 Å². The third kappa shape index (κ3) is 7.88. The maximum absolute atomic E-state index is 14.3. The van der Waals surface area contributed by atoms with Gasteiger partial charge in [-0.2, -0.15) is 13.2 Å². The number of piperazine rings is 1. The number of morpholine rings is 1. The van der Waals surface area contributed by atoms with Gasteiger partial charge in [0.1, 0.15) is 11.3 Å². The summed E-state index contributed by atoms with van der Waals surface area (Å²) in [5, 5.41) is 6.88. The molecule has 3 aromatic rings. The fourth-order valence-electron chi connectivity index (χ4n) is 5.48. The minimum atomic E-state index is -4.76. The van der Waals surface area contributed by atoms with Crippen LogP contribution in [0.4, 0.5) is 24.8 Å². The third-order valence-corrected chi connectivity index (χ3v) is 7.92. The zero-order valence-electron chi connectivity index (χ0n) is 25.8. The number of anilines is 2. The normalized spacial score (nSPS) is 16.4. The van der Waals surface area contributed by atoms with Crippen molar-refractivity contribution in [3.05, 3.63) is 47.8 Å². The van der Waals surface area contributed by atoms with E-state index in [-0.39, 0.29) is 48.2 Å². The number of alkyl halides is 3. The van der Waals surface area contributed by atoms with E-state index in [0.29, 0.717) is 70.4 Å². The lowest BCUT2D eigenvalue weighted by atomic mass is 10.1. The average Bonchev–Trinajstić information content (AvgIpc) is 3.46. The van der Waals surface area contributed by atoms with E-state index in [2.05, 4.69) is 25.3 Å². The smallest absolute Gasteiger partial charge is 0.378 e. The summed E-state index contributed by atoms with van der Waals surface area (Å²) in [6.07, 6.45) is 1.67. The lowest BCUT2D eigenvalue weighted by Crippen LogP contribution is -2.48. The lowest BCUT2D eigenvalue weighted by molar-refractivity contribution is -0.137. The highest BCUT2D eigenvalue weighted by atomic mass is 19.4. The van der Waals surface area contributed by atoms with Crippen molar-refractivity contribution < 1.29 is 32.3 Å². The van der Waals surface area contributed by atoms with Crippen molar-refractivity contribution in [3.8, 4) is 11.4 Å². The molecule has 15 heteroatoms. The number of nitrogens with one attached hydrogen (secondary N) is 1. The van der Waals surface area contributed by atoms with Gasteiger partial charge in [0.15, 0.2) is 17.4 Å². The molecule has 2 aliphatic heterocycles. The maximum Gasteiger partial charge on any atom is 0.417 e. The lowest BCUT2D eigenvalue weighted by Gasteiger charge is -2.34. The largest absolute Gasteiger partial charge is 0.417 e. The highest BCUT2D eigenvalue weighted by Gasteiger charge is 2.36. The molecule has 0 unspecified atom stereocenters. The summed E-state index contributed by atoms with van der Waals surface area (Å²) < 4.78 is 49.9. The van der Waals surface area contributed by atoms with Crippen LogP contribution in [-0.2, 0) is 31.8 Å². The van der Waals surface area contributed by atoms with Crippen LogP contribution < -0.4 is 10.2 Å². The van der Waals surface area contributed by atoms with Crippen LogP contribution in [0.3, 0.4) is 0 Å². The molecule has 246 valence electrons. The molecule has 3 aromatic heterocycles. The molecule has 0 atom stereocenters. The molecule has 0 spiro atoms. The van der Waals surface area contributed by atoms with Gasteiger partial charge in [-0.3, -0.25) is 19.3 Å². The van der Waals surface area contributed by atoms with E-state index in [0.717, 1.165) is 17.8 Å². The highest BCUT2D eigenvalue weighted by Crippen LogP contribution is 2.38. The number of carbonyl (C=O) groups excluding carboxylic acids is 3. The first-order valence-corrected chi connectivity index (χ1v) is 15.3.